The van der Waals surface area contributed by atoms with Gasteiger partial charge in [0.15, 0.2) is 6.10 Å². The average molecular weight is 237 g/mol. The number of hydrogen-bond donors (Lipinski definition) is 2. The number of aromatic carboxylic acids is 1. The van der Waals surface area contributed by atoms with Gasteiger partial charge < -0.3 is 20.3 Å². The first-order valence-electron chi connectivity index (χ1n) is 5.04. The van der Waals surface area contributed by atoms with Crippen LogP contribution in [-0.4, -0.2) is 29.8 Å². The molecule has 0 spiro atoms. The van der Waals surface area contributed by atoms with E-state index < -0.39 is 18.0 Å². The number of benzene rings is 1. The van der Waals surface area contributed by atoms with Crippen molar-refractivity contribution in [1.82, 2.24) is 0 Å². The van der Waals surface area contributed by atoms with Gasteiger partial charge >= 0.3 is 11.9 Å². The topological polar surface area (TPSA) is 98.9 Å². The third kappa shape index (κ3) is 2.15. The molecule has 90 valence electrons. The summed E-state index contributed by atoms with van der Waals surface area (Å²) in [4.78, 5) is 22.2. The molecule has 1 aromatic carbocycles. The van der Waals surface area contributed by atoms with Gasteiger partial charge in [0.05, 0.1) is 6.61 Å². The van der Waals surface area contributed by atoms with Crippen LogP contribution < -0.4 is 10.5 Å². The van der Waals surface area contributed by atoms with Gasteiger partial charge in [-0.3, -0.25) is 0 Å². The maximum atomic E-state index is 11.2. The molecule has 1 unspecified atom stereocenters. The highest BCUT2D eigenvalue weighted by Gasteiger charge is 2.30. The van der Waals surface area contributed by atoms with E-state index in [0.717, 1.165) is 0 Å². The first kappa shape index (κ1) is 11.3. The number of carbonyl (C=O) groups is 2. The molecule has 0 bridgehead atoms. The summed E-state index contributed by atoms with van der Waals surface area (Å²) in [6.45, 7) is 0.286. The molecule has 0 radical (unpaired) electrons. The van der Waals surface area contributed by atoms with Gasteiger partial charge in [0.1, 0.15) is 11.3 Å². The second-order valence-electron chi connectivity index (χ2n) is 3.59. The molecule has 1 aromatic rings. The van der Waals surface area contributed by atoms with E-state index in [4.69, 9.17) is 20.3 Å². The summed E-state index contributed by atoms with van der Waals surface area (Å²) in [5.74, 6) is -1.59. The molecule has 1 atom stereocenters. The minimum atomic E-state index is -1.19. The molecule has 0 saturated carbocycles. The Morgan fingerprint density at radius 3 is 2.88 bits per heavy atom. The molecule has 1 heterocycles. The van der Waals surface area contributed by atoms with E-state index in [2.05, 4.69) is 0 Å². The number of rotatable bonds is 3. The quantitative estimate of drug-likeness (QED) is 0.592. The largest absolute Gasteiger partial charge is 0.478 e. The number of carboxylic acid groups (broad SMARTS) is 1. The first-order chi connectivity index (χ1) is 8.09. The van der Waals surface area contributed by atoms with Crippen molar-refractivity contribution in [2.24, 2.45) is 0 Å². The van der Waals surface area contributed by atoms with E-state index in [1.54, 1.807) is 6.07 Å². The van der Waals surface area contributed by atoms with Gasteiger partial charge in [0, 0.05) is 12.1 Å². The molecule has 3 N–H and O–H groups in total. The lowest BCUT2D eigenvalue weighted by Gasteiger charge is -2.13. The molecule has 0 aliphatic carbocycles. The van der Waals surface area contributed by atoms with Gasteiger partial charge in [0.2, 0.25) is 0 Å². The van der Waals surface area contributed by atoms with E-state index in [1.807, 2.05) is 0 Å². The zero-order valence-corrected chi connectivity index (χ0v) is 8.88. The molecule has 1 saturated heterocycles. The smallest absolute Gasteiger partial charge is 0.347 e. The average Bonchev–Trinajstić information content (AvgIpc) is 2.64. The summed E-state index contributed by atoms with van der Waals surface area (Å²) in [5, 5.41) is 9.01. The van der Waals surface area contributed by atoms with Crippen molar-refractivity contribution in [2.45, 2.75) is 12.5 Å². The van der Waals surface area contributed by atoms with Gasteiger partial charge in [-0.2, -0.15) is 0 Å². The predicted octanol–water partition coefficient (Wildman–Crippen LogP) is 0.661. The van der Waals surface area contributed by atoms with Gasteiger partial charge in [-0.05, 0) is 12.1 Å². The molecule has 1 aliphatic heterocycles. The molecule has 1 aliphatic rings. The van der Waals surface area contributed by atoms with Crippen molar-refractivity contribution in [3.05, 3.63) is 23.8 Å². The van der Waals surface area contributed by atoms with Crippen molar-refractivity contribution >= 4 is 17.6 Å². The van der Waals surface area contributed by atoms with Gasteiger partial charge in [0.25, 0.3) is 0 Å². The van der Waals surface area contributed by atoms with Crippen molar-refractivity contribution in [3.63, 3.8) is 0 Å². The van der Waals surface area contributed by atoms with Crippen LogP contribution in [0.1, 0.15) is 16.8 Å². The molecule has 6 nitrogen and oxygen atoms in total. The minimum Gasteiger partial charge on any atom is -0.478 e. The lowest BCUT2D eigenvalue weighted by molar-refractivity contribution is -0.143. The summed E-state index contributed by atoms with van der Waals surface area (Å²) in [5.41, 5.74) is 5.52. The Morgan fingerprint density at radius 2 is 2.29 bits per heavy atom. The fraction of sp³-hybridized carbons (Fsp3) is 0.273. The third-order valence-corrected chi connectivity index (χ3v) is 2.43. The van der Waals surface area contributed by atoms with Crippen molar-refractivity contribution in [2.75, 3.05) is 12.3 Å². The normalized spacial score (nSPS) is 18.8. The molecule has 1 fully saturated rings. The van der Waals surface area contributed by atoms with E-state index in [0.29, 0.717) is 6.42 Å². The van der Waals surface area contributed by atoms with Crippen LogP contribution in [0.5, 0.6) is 5.75 Å². The number of carboxylic acids is 1. The molecule has 17 heavy (non-hydrogen) atoms. The number of hydrogen-bond acceptors (Lipinski definition) is 5. The monoisotopic (exact) mass is 237 g/mol. The molecule has 6 heteroatoms. The molecule has 0 aromatic heterocycles. The van der Waals surface area contributed by atoms with Crippen molar-refractivity contribution < 1.29 is 24.2 Å². The number of nitrogens with two attached hydrogens (primary N) is 1. The van der Waals surface area contributed by atoms with Gasteiger partial charge in [-0.1, -0.05) is 6.07 Å². The summed E-state index contributed by atoms with van der Waals surface area (Å²) >= 11 is 0. The summed E-state index contributed by atoms with van der Waals surface area (Å²) in [6, 6.07) is 4.49. The van der Waals surface area contributed by atoms with Crippen LogP contribution in [0.15, 0.2) is 18.2 Å². The van der Waals surface area contributed by atoms with Crippen LogP contribution in [0.3, 0.4) is 0 Å². The van der Waals surface area contributed by atoms with Gasteiger partial charge in [-0.15, -0.1) is 0 Å². The summed E-state index contributed by atoms with van der Waals surface area (Å²) in [6.07, 6.45) is -0.345. The van der Waals surface area contributed by atoms with Crippen LogP contribution in [-0.2, 0) is 9.53 Å². The SMILES string of the molecule is Nc1cccc(OC2CCOC2=O)c1C(=O)O. The Balaban J connectivity index is 2.29. The second-order valence-corrected chi connectivity index (χ2v) is 3.59. The second kappa shape index (κ2) is 4.32. The van der Waals surface area contributed by atoms with Crippen LogP contribution >= 0.6 is 0 Å². The van der Waals surface area contributed by atoms with Crippen molar-refractivity contribution in [1.29, 1.82) is 0 Å². The number of esters is 1. The van der Waals surface area contributed by atoms with Crippen LogP contribution in [0, 0.1) is 0 Å². The van der Waals surface area contributed by atoms with E-state index in [-0.39, 0.29) is 23.6 Å². The molecular formula is C11H11NO5. The number of ether oxygens (including phenoxy) is 2. The highest BCUT2D eigenvalue weighted by Crippen LogP contribution is 2.27. The number of cyclic esters (lactones) is 1. The Morgan fingerprint density at radius 1 is 1.53 bits per heavy atom. The molecule has 2 rings (SSSR count). The Bertz CT molecular complexity index is 471. The molecular weight excluding hydrogens is 226 g/mol. The van der Waals surface area contributed by atoms with E-state index >= 15 is 0 Å². The fourth-order valence-electron chi connectivity index (χ4n) is 1.61. The standard InChI is InChI=1S/C11H11NO5/c12-6-2-1-3-7(9(6)10(13)14)17-8-4-5-16-11(8)15/h1-3,8H,4-5,12H2,(H,13,14). The zero-order chi connectivity index (χ0) is 12.4. The maximum Gasteiger partial charge on any atom is 0.347 e. The van der Waals surface area contributed by atoms with E-state index in [1.165, 1.54) is 12.1 Å². The Labute approximate surface area is 96.9 Å². The van der Waals surface area contributed by atoms with Crippen LogP contribution in [0.4, 0.5) is 5.69 Å². The number of anilines is 1. The third-order valence-electron chi connectivity index (χ3n) is 2.43. The predicted molar refractivity (Wildman–Crippen MR) is 57.8 cm³/mol. The Hall–Kier alpha value is -2.24. The van der Waals surface area contributed by atoms with E-state index in [9.17, 15) is 9.59 Å². The number of carbonyl (C=O) groups excluding carboxylic acids is 1. The lowest BCUT2D eigenvalue weighted by Crippen LogP contribution is -2.23. The highest BCUT2D eigenvalue weighted by molar-refractivity contribution is 5.96. The lowest BCUT2D eigenvalue weighted by atomic mass is 10.1. The minimum absolute atomic E-state index is 0.0846. The summed E-state index contributed by atoms with van der Waals surface area (Å²) < 4.78 is 10.1. The van der Waals surface area contributed by atoms with Crippen LogP contribution in [0.2, 0.25) is 0 Å². The molecule has 0 amide bonds. The highest BCUT2D eigenvalue weighted by atomic mass is 16.6. The summed E-state index contributed by atoms with van der Waals surface area (Å²) in [7, 11) is 0. The maximum absolute atomic E-state index is 11.2. The zero-order valence-electron chi connectivity index (χ0n) is 8.88. The number of nitrogen functional groups attached to an aromatic ring is 1. The van der Waals surface area contributed by atoms with Crippen LogP contribution in [0.25, 0.3) is 0 Å². The Kier molecular flexibility index (Phi) is 2.86. The van der Waals surface area contributed by atoms with Gasteiger partial charge in [-0.25, -0.2) is 9.59 Å². The first-order valence-corrected chi connectivity index (χ1v) is 5.04. The van der Waals surface area contributed by atoms with Crippen molar-refractivity contribution in [3.8, 4) is 5.75 Å². The fourth-order valence-corrected chi connectivity index (χ4v) is 1.61.